The van der Waals surface area contributed by atoms with Crippen molar-refractivity contribution >= 4 is 0 Å². The Morgan fingerprint density at radius 2 is 2.25 bits per heavy atom. The minimum Gasteiger partial charge on any atom is -0.381 e. The zero-order valence-electron chi connectivity index (χ0n) is 11.2. The Morgan fingerprint density at radius 1 is 1.40 bits per heavy atom. The Bertz CT molecular complexity index is 478. The van der Waals surface area contributed by atoms with E-state index in [1.165, 1.54) is 4.57 Å². The molecule has 1 aromatic rings. The maximum atomic E-state index is 13.1. The van der Waals surface area contributed by atoms with Gasteiger partial charge in [0, 0.05) is 45.0 Å². The minimum atomic E-state index is -4.39. The van der Waals surface area contributed by atoms with Crippen molar-refractivity contribution < 1.29 is 17.9 Å². The first-order valence-corrected chi connectivity index (χ1v) is 6.99. The van der Waals surface area contributed by atoms with Crippen LogP contribution in [-0.4, -0.2) is 29.3 Å². The standard InChI is InChI=1S/C13H18F3N3O/c14-13(15,16)12-18-10-7-17-4-1-11(10)19(12)5-2-9-3-6-20-8-9/h9,17H,1-8H2. The summed E-state index contributed by atoms with van der Waals surface area (Å²) in [6.45, 7) is 2.91. The highest BCUT2D eigenvalue weighted by atomic mass is 19.4. The van der Waals surface area contributed by atoms with E-state index in [2.05, 4.69) is 10.3 Å². The summed E-state index contributed by atoms with van der Waals surface area (Å²) in [5, 5.41) is 3.07. The molecule has 0 bridgehead atoms. The van der Waals surface area contributed by atoms with Gasteiger partial charge in [-0.05, 0) is 18.8 Å². The van der Waals surface area contributed by atoms with Gasteiger partial charge in [-0.1, -0.05) is 0 Å². The van der Waals surface area contributed by atoms with Crippen LogP contribution in [0.5, 0.6) is 0 Å². The number of nitrogens with one attached hydrogen (secondary N) is 1. The molecule has 1 N–H and O–H groups in total. The fourth-order valence-electron chi connectivity index (χ4n) is 2.95. The SMILES string of the molecule is FC(F)(F)c1nc2c(n1CCC1CCOC1)CCNC2. The van der Waals surface area contributed by atoms with E-state index in [1.807, 2.05) is 0 Å². The molecule has 2 aliphatic heterocycles. The summed E-state index contributed by atoms with van der Waals surface area (Å²) in [6.07, 6.45) is -2.11. The van der Waals surface area contributed by atoms with Gasteiger partial charge in [0.25, 0.3) is 0 Å². The number of rotatable bonds is 3. The van der Waals surface area contributed by atoms with Crippen LogP contribution < -0.4 is 5.32 Å². The fraction of sp³-hybridized carbons (Fsp3) is 0.769. The number of aromatic nitrogens is 2. The molecule has 0 saturated carbocycles. The first-order valence-electron chi connectivity index (χ1n) is 6.99. The van der Waals surface area contributed by atoms with E-state index in [1.54, 1.807) is 0 Å². The molecule has 20 heavy (non-hydrogen) atoms. The highest BCUT2D eigenvalue weighted by molar-refractivity contribution is 5.21. The fourth-order valence-corrected chi connectivity index (χ4v) is 2.95. The number of hydrogen-bond donors (Lipinski definition) is 1. The summed E-state index contributed by atoms with van der Waals surface area (Å²) < 4.78 is 46.0. The van der Waals surface area contributed by atoms with E-state index >= 15 is 0 Å². The third-order valence-corrected chi connectivity index (χ3v) is 4.02. The highest BCUT2D eigenvalue weighted by Gasteiger charge is 2.39. The summed E-state index contributed by atoms with van der Waals surface area (Å²) in [5.41, 5.74) is 1.29. The third kappa shape index (κ3) is 2.69. The van der Waals surface area contributed by atoms with Crippen LogP contribution in [0.4, 0.5) is 13.2 Å². The second kappa shape index (κ2) is 5.37. The Hall–Kier alpha value is -1.08. The van der Waals surface area contributed by atoms with Crippen molar-refractivity contribution in [3.63, 3.8) is 0 Å². The summed E-state index contributed by atoms with van der Waals surface area (Å²) >= 11 is 0. The average Bonchev–Trinajstić information content (AvgIpc) is 3.03. The summed E-state index contributed by atoms with van der Waals surface area (Å²) in [7, 11) is 0. The van der Waals surface area contributed by atoms with Crippen LogP contribution in [0.25, 0.3) is 0 Å². The van der Waals surface area contributed by atoms with Gasteiger partial charge in [0.1, 0.15) is 0 Å². The Balaban J connectivity index is 1.84. The molecule has 1 unspecified atom stereocenters. The molecule has 2 aliphatic rings. The highest BCUT2D eigenvalue weighted by Crippen LogP contribution is 2.32. The van der Waals surface area contributed by atoms with E-state index in [0.717, 1.165) is 25.1 Å². The Kier molecular flexibility index (Phi) is 3.72. The molecule has 0 spiro atoms. The molecule has 3 rings (SSSR count). The molecular weight excluding hydrogens is 271 g/mol. The molecule has 112 valence electrons. The molecule has 1 saturated heterocycles. The van der Waals surface area contributed by atoms with Crippen LogP contribution in [0.2, 0.25) is 0 Å². The summed E-state index contributed by atoms with van der Waals surface area (Å²) in [6, 6.07) is 0. The molecule has 7 heteroatoms. The van der Waals surface area contributed by atoms with Crippen molar-refractivity contribution in [2.45, 2.75) is 38.5 Å². The van der Waals surface area contributed by atoms with Crippen LogP contribution >= 0.6 is 0 Å². The quantitative estimate of drug-likeness (QED) is 0.924. The normalized spacial score (nSPS) is 23.1. The van der Waals surface area contributed by atoms with E-state index in [-0.39, 0.29) is 0 Å². The molecule has 1 aromatic heterocycles. The van der Waals surface area contributed by atoms with Gasteiger partial charge < -0.3 is 14.6 Å². The van der Waals surface area contributed by atoms with Crippen LogP contribution in [0.1, 0.15) is 30.1 Å². The predicted octanol–water partition coefficient (Wildman–Crippen LogP) is 1.97. The maximum Gasteiger partial charge on any atom is 0.449 e. The summed E-state index contributed by atoms with van der Waals surface area (Å²) in [5.74, 6) is -0.374. The molecule has 0 amide bonds. The van der Waals surface area contributed by atoms with Gasteiger partial charge in [-0.15, -0.1) is 0 Å². The van der Waals surface area contributed by atoms with Crippen molar-refractivity contribution in [1.29, 1.82) is 0 Å². The second-order valence-corrected chi connectivity index (χ2v) is 5.42. The van der Waals surface area contributed by atoms with Crippen LogP contribution in [0.3, 0.4) is 0 Å². The van der Waals surface area contributed by atoms with Gasteiger partial charge in [0.05, 0.1) is 5.69 Å². The van der Waals surface area contributed by atoms with Crippen molar-refractivity contribution in [2.75, 3.05) is 19.8 Å². The number of hydrogen-bond acceptors (Lipinski definition) is 3. The molecule has 1 atom stereocenters. The Morgan fingerprint density at radius 3 is 2.95 bits per heavy atom. The lowest BCUT2D eigenvalue weighted by Gasteiger charge is -2.18. The zero-order valence-corrected chi connectivity index (χ0v) is 11.2. The Labute approximate surface area is 115 Å². The van der Waals surface area contributed by atoms with E-state index < -0.39 is 12.0 Å². The first kappa shape index (κ1) is 13.9. The maximum absolute atomic E-state index is 13.1. The van der Waals surface area contributed by atoms with Crippen LogP contribution in [0, 0.1) is 5.92 Å². The van der Waals surface area contributed by atoms with Crippen molar-refractivity contribution in [2.24, 2.45) is 5.92 Å². The number of ether oxygens (including phenoxy) is 1. The monoisotopic (exact) mass is 289 g/mol. The first-order chi connectivity index (χ1) is 9.55. The van der Waals surface area contributed by atoms with Gasteiger partial charge in [0.2, 0.25) is 5.82 Å². The van der Waals surface area contributed by atoms with Crippen molar-refractivity contribution in [3.05, 3.63) is 17.2 Å². The molecule has 1 fully saturated rings. The number of halogens is 3. The molecule has 3 heterocycles. The van der Waals surface area contributed by atoms with Crippen molar-refractivity contribution in [3.8, 4) is 0 Å². The lowest BCUT2D eigenvalue weighted by atomic mass is 10.0. The summed E-state index contributed by atoms with van der Waals surface area (Å²) in [4.78, 5) is 3.81. The van der Waals surface area contributed by atoms with E-state index in [9.17, 15) is 13.2 Å². The minimum absolute atomic E-state index is 0.371. The second-order valence-electron chi connectivity index (χ2n) is 5.42. The van der Waals surface area contributed by atoms with E-state index in [4.69, 9.17) is 4.74 Å². The number of imidazole rings is 1. The predicted molar refractivity (Wildman–Crippen MR) is 66.2 cm³/mol. The lowest BCUT2D eigenvalue weighted by Crippen LogP contribution is -2.25. The largest absolute Gasteiger partial charge is 0.449 e. The van der Waals surface area contributed by atoms with Gasteiger partial charge >= 0.3 is 6.18 Å². The van der Waals surface area contributed by atoms with Crippen molar-refractivity contribution in [1.82, 2.24) is 14.9 Å². The van der Waals surface area contributed by atoms with Gasteiger partial charge in [0.15, 0.2) is 0 Å². The van der Waals surface area contributed by atoms with Gasteiger partial charge in [-0.25, -0.2) is 4.98 Å². The van der Waals surface area contributed by atoms with Gasteiger partial charge in [-0.3, -0.25) is 0 Å². The molecule has 0 radical (unpaired) electrons. The molecule has 0 aliphatic carbocycles. The van der Waals surface area contributed by atoms with Gasteiger partial charge in [-0.2, -0.15) is 13.2 Å². The van der Waals surface area contributed by atoms with Crippen LogP contribution in [-0.2, 0) is 30.4 Å². The lowest BCUT2D eigenvalue weighted by molar-refractivity contribution is -0.147. The topological polar surface area (TPSA) is 39.1 Å². The smallest absolute Gasteiger partial charge is 0.381 e. The molecule has 4 nitrogen and oxygen atoms in total. The number of fused-ring (bicyclic) bond motifs is 1. The van der Waals surface area contributed by atoms with Crippen LogP contribution in [0.15, 0.2) is 0 Å². The zero-order chi connectivity index (χ0) is 14.2. The number of alkyl halides is 3. The molecular formula is C13H18F3N3O. The number of nitrogens with zero attached hydrogens (tertiary/aromatic N) is 2. The third-order valence-electron chi connectivity index (χ3n) is 4.02. The van der Waals surface area contributed by atoms with E-state index in [0.29, 0.717) is 44.3 Å². The molecule has 0 aromatic carbocycles. The average molecular weight is 289 g/mol.